The Morgan fingerprint density at radius 3 is 2.20 bits per heavy atom. The van der Waals surface area contributed by atoms with E-state index in [2.05, 4.69) is 21.2 Å². The van der Waals surface area contributed by atoms with Crippen LogP contribution in [0.5, 0.6) is 11.5 Å². The Morgan fingerprint density at radius 1 is 0.927 bits per heavy atom. The van der Waals surface area contributed by atoms with Gasteiger partial charge in [0, 0.05) is 29.5 Å². The number of anilines is 1. The van der Waals surface area contributed by atoms with Gasteiger partial charge in [-0.1, -0.05) is 58.4 Å². The maximum Gasteiger partial charge on any atom is 0.244 e. The number of halogens is 1. The Morgan fingerprint density at radius 2 is 1.61 bits per heavy atom. The fourth-order valence-electron chi connectivity index (χ4n) is 4.35. The summed E-state index contributed by atoms with van der Waals surface area (Å²) >= 11 is 3.47. The van der Waals surface area contributed by atoms with Crippen LogP contribution in [0.2, 0.25) is 0 Å². The van der Waals surface area contributed by atoms with E-state index < -0.39 is 28.5 Å². The van der Waals surface area contributed by atoms with Crippen molar-refractivity contribution in [2.45, 2.75) is 38.9 Å². The fourth-order valence-corrected chi connectivity index (χ4v) is 5.64. The zero-order valence-corrected chi connectivity index (χ0v) is 26.2. The lowest BCUT2D eigenvalue weighted by molar-refractivity contribution is -0.140. The van der Waals surface area contributed by atoms with Crippen molar-refractivity contribution in [3.63, 3.8) is 0 Å². The summed E-state index contributed by atoms with van der Waals surface area (Å²) in [5.41, 5.74) is 1.78. The SMILES string of the molecule is COc1ccc(OC)c(N(CC(=O)N(Cc2cccc(Br)c2)C(Cc2ccccc2)C(=O)NC(C)C)S(C)(=O)=O)c1. The second-order valence-electron chi connectivity index (χ2n) is 9.83. The van der Waals surface area contributed by atoms with Crippen LogP contribution >= 0.6 is 15.9 Å². The van der Waals surface area contributed by atoms with Crippen LogP contribution in [0.25, 0.3) is 0 Å². The standard InChI is InChI=1S/C30H36BrN3O6S/c1-21(2)32-30(36)27(17-22-10-7-6-8-11-22)33(19-23-12-9-13-24(31)16-23)29(35)20-34(41(5,37)38)26-18-25(39-3)14-15-28(26)40-4/h6-16,18,21,27H,17,19-20H2,1-5H3,(H,32,36). The molecule has 0 fully saturated rings. The third kappa shape index (κ3) is 8.96. The third-order valence-electron chi connectivity index (χ3n) is 6.28. The molecule has 0 saturated carbocycles. The van der Waals surface area contributed by atoms with E-state index in [4.69, 9.17) is 9.47 Å². The molecule has 220 valence electrons. The number of benzene rings is 3. The second-order valence-corrected chi connectivity index (χ2v) is 12.7. The van der Waals surface area contributed by atoms with Gasteiger partial charge in [0.25, 0.3) is 0 Å². The minimum absolute atomic E-state index is 0.0775. The van der Waals surface area contributed by atoms with Gasteiger partial charge < -0.3 is 19.7 Å². The van der Waals surface area contributed by atoms with Crippen molar-refractivity contribution in [1.82, 2.24) is 10.2 Å². The number of nitrogens with one attached hydrogen (secondary N) is 1. The highest BCUT2D eigenvalue weighted by Crippen LogP contribution is 2.34. The molecule has 1 atom stereocenters. The van der Waals surface area contributed by atoms with E-state index in [1.165, 1.54) is 25.2 Å². The predicted octanol–water partition coefficient (Wildman–Crippen LogP) is 4.40. The lowest BCUT2D eigenvalue weighted by Crippen LogP contribution is -2.54. The zero-order chi connectivity index (χ0) is 30.2. The number of rotatable bonds is 13. The van der Waals surface area contributed by atoms with Crippen LogP contribution in [0.1, 0.15) is 25.0 Å². The van der Waals surface area contributed by atoms with Gasteiger partial charge in [0.2, 0.25) is 21.8 Å². The minimum Gasteiger partial charge on any atom is -0.497 e. The summed E-state index contributed by atoms with van der Waals surface area (Å²) < 4.78 is 38.7. The Bertz CT molecular complexity index is 1450. The number of amides is 2. The molecule has 3 aromatic rings. The number of hydrogen-bond acceptors (Lipinski definition) is 6. The highest BCUT2D eigenvalue weighted by Gasteiger charge is 2.34. The number of nitrogens with zero attached hydrogens (tertiary/aromatic N) is 2. The van der Waals surface area contributed by atoms with E-state index >= 15 is 0 Å². The number of ether oxygens (including phenoxy) is 2. The third-order valence-corrected chi connectivity index (χ3v) is 7.90. The zero-order valence-electron chi connectivity index (χ0n) is 23.8. The molecule has 9 nitrogen and oxygen atoms in total. The topological polar surface area (TPSA) is 105 Å². The van der Waals surface area contributed by atoms with Crippen LogP contribution in [-0.4, -0.2) is 64.2 Å². The van der Waals surface area contributed by atoms with Gasteiger partial charge in [0.15, 0.2) is 0 Å². The second kappa shape index (κ2) is 14.4. The number of carbonyl (C=O) groups excluding carboxylic acids is 2. The number of sulfonamides is 1. The molecule has 0 aliphatic rings. The van der Waals surface area contributed by atoms with Gasteiger partial charge >= 0.3 is 0 Å². The smallest absolute Gasteiger partial charge is 0.244 e. The largest absolute Gasteiger partial charge is 0.497 e. The van der Waals surface area contributed by atoms with E-state index in [1.807, 2.05) is 68.4 Å². The average molecular weight is 647 g/mol. The number of hydrogen-bond donors (Lipinski definition) is 1. The molecule has 2 amide bonds. The van der Waals surface area contributed by atoms with E-state index in [0.717, 1.165) is 26.2 Å². The van der Waals surface area contributed by atoms with E-state index in [0.29, 0.717) is 5.75 Å². The van der Waals surface area contributed by atoms with Crippen LogP contribution in [0, 0.1) is 0 Å². The van der Waals surface area contributed by atoms with Crippen LogP contribution in [0.4, 0.5) is 5.69 Å². The first kappa shape index (κ1) is 32.0. The molecule has 41 heavy (non-hydrogen) atoms. The summed E-state index contributed by atoms with van der Waals surface area (Å²) in [4.78, 5) is 29.3. The Hall–Kier alpha value is -3.57. The minimum atomic E-state index is -3.97. The molecule has 0 heterocycles. The molecule has 3 aromatic carbocycles. The van der Waals surface area contributed by atoms with Crippen LogP contribution < -0.4 is 19.1 Å². The summed E-state index contributed by atoms with van der Waals surface area (Å²) in [7, 11) is -1.09. The normalized spacial score (nSPS) is 12.0. The van der Waals surface area contributed by atoms with Crippen molar-refractivity contribution in [3.8, 4) is 11.5 Å². The molecule has 1 N–H and O–H groups in total. The summed E-state index contributed by atoms with van der Waals surface area (Å²) in [5.74, 6) is -0.246. The van der Waals surface area contributed by atoms with Crippen LogP contribution in [-0.2, 0) is 32.6 Å². The van der Waals surface area contributed by atoms with Crippen molar-refractivity contribution >= 4 is 43.5 Å². The van der Waals surface area contributed by atoms with Crippen LogP contribution in [0.15, 0.2) is 77.3 Å². The van der Waals surface area contributed by atoms with Crippen molar-refractivity contribution in [2.75, 3.05) is 31.3 Å². The first-order chi connectivity index (χ1) is 19.4. The summed E-state index contributed by atoms with van der Waals surface area (Å²) in [6.07, 6.45) is 1.26. The lowest BCUT2D eigenvalue weighted by Gasteiger charge is -2.34. The summed E-state index contributed by atoms with van der Waals surface area (Å²) in [6.45, 7) is 3.21. The Labute approximate surface area is 250 Å². The van der Waals surface area contributed by atoms with Gasteiger partial charge in [-0.3, -0.25) is 13.9 Å². The number of methoxy groups -OCH3 is 2. The van der Waals surface area contributed by atoms with Gasteiger partial charge in [-0.2, -0.15) is 0 Å². The molecule has 0 spiro atoms. The molecule has 0 aliphatic carbocycles. The van der Waals surface area contributed by atoms with Crippen molar-refractivity contribution in [3.05, 3.63) is 88.4 Å². The highest BCUT2D eigenvalue weighted by molar-refractivity contribution is 9.10. The first-order valence-corrected chi connectivity index (χ1v) is 15.6. The molecular formula is C30H36BrN3O6S. The van der Waals surface area contributed by atoms with E-state index in [-0.39, 0.29) is 36.4 Å². The van der Waals surface area contributed by atoms with Gasteiger partial charge in [-0.05, 0) is 49.2 Å². The van der Waals surface area contributed by atoms with Gasteiger partial charge in [0.1, 0.15) is 24.1 Å². The Balaban J connectivity index is 2.11. The maximum atomic E-state index is 14.2. The molecule has 3 rings (SSSR count). The maximum absolute atomic E-state index is 14.2. The van der Waals surface area contributed by atoms with Crippen LogP contribution in [0.3, 0.4) is 0 Å². The average Bonchev–Trinajstić information content (AvgIpc) is 2.92. The number of carbonyl (C=O) groups is 2. The molecule has 0 bridgehead atoms. The molecule has 0 radical (unpaired) electrons. The fraction of sp³-hybridized carbons (Fsp3) is 0.333. The van der Waals surface area contributed by atoms with Crippen molar-refractivity contribution < 1.29 is 27.5 Å². The molecule has 0 aromatic heterocycles. The lowest BCUT2D eigenvalue weighted by atomic mass is 10.0. The van der Waals surface area contributed by atoms with Gasteiger partial charge in [-0.15, -0.1) is 0 Å². The quantitative estimate of drug-likeness (QED) is 0.296. The Kier molecular flexibility index (Phi) is 11.2. The highest BCUT2D eigenvalue weighted by atomic mass is 79.9. The first-order valence-electron chi connectivity index (χ1n) is 13.0. The molecular weight excluding hydrogens is 610 g/mol. The van der Waals surface area contributed by atoms with Gasteiger partial charge in [-0.25, -0.2) is 8.42 Å². The van der Waals surface area contributed by atoms with Crippen molar-refractivity contribution in [1.29, 1.82) is 0 Å². The van der Waals surface area contributed by atoms with E-state index in [9.17, 15) is 18.0 Å². The van der Waals surface area contributed by atoms with E-state index in [1.54, 1.807) is 12.1 Å². The van der Waals surface area contributed by atoms with Gasteiger partial charge in [0.05, 0.1) is 26.2 Å². The molecule has 1 unspecified atom stereocenters. The van der Waals surface area contributed by atoms with Crippen molar-refractivity contribution in [2.24, 2.45) is 0 Å². The molecule has 11 heteroatoms. The monoisotopic (exact) mass is 645 g/mol. The summed E-state index contributed by atoms with van der Waals surface area (Å²) in [6, 6.07) is 20.4. The summed E-state index contributed by atoms with van der Waals surface area (Å²) in [5, 5.41) is 2.93. The predicted molar refractivity (Wildman–Crippen MR) is 164 cm³/mol. The molecule has 0 aliphatic heterocycles. The molecule has 0 saturated heterocycles.